The summed E-state index contributed by atoms with van der Waals surface area (Å²) in [6, 6.07) is 3.45. The van der Waals surface area contributed by atoms with E-state index >= 15 is 0 Å². The van der Waals surface area contributed by atoms with Crippen LogP contribution in [0.1, 0.15) is 25.7 Å². The molecule has 4 nitrogen and oxygen atoms in total. The molecule has 0 aliphatic carbocycles. The number of nitrogens with one attached hydrogen (secondary N) is 1. The van der Waals surface area contributed by atoms with Gasteiger partial charge in [-0.05, 0) is 26.0 Å². The van der Waals surface area contributed by atoms with Crippen LogP contribution in [0.15, 0.2) is 22.8 Å². The molecule has 0 bridgehead atoms. The van der Waals surface area contributed by atoms with Gasteiger partial charge in [0.05, 0.1) is 12.9 Å². The maximum Gasteiger partial charge on any atom is 0.133 e. The highest BCUT2D eigenvalue weighted by Gasteiger charge is 2.18. The Morgan fingerprint density at radius 3 is 2.79 bits per heavy atom. The average molecular weight is 199 g/mol. The number of hydrogen-bond donors (Lipinski definition) is 3. The Morgan fingerprint density at radius 2 is 2.29 bits per heavy atom. The van der Waals surface area contributed by atoms with Gasteiger partial charge in [-0.25, -0.2) is 0 Å². The molecule has 0 saturated heterocycles. The molecule has 1 unspecified atom stereocenters. The molecule has 3 N–H and O–H groups in total. The predicted octanol–water partition coefficient (Wildman–Crippen LogP) is 0.673. The Kier molecular flexibility index (Phi) is 3.69. The summed E-state index contributed by atoms with van der Waals surface area (Å²) >= 11 is 0. The van der Waals surface area contributed by atoms with Crippen molar-refractivity contribution in [2.75, 3.05) is 13.2 Å². The Bertz CT molecular complexity index is 256. The second-order valence-corrected chi connectivity index (χ2v) is 3.95. The van der Waals surface area contributed by atoms with E-state index in [0.29, 0.717) is 12.3 Å². The number of β-amino-alcohol motifs (C(OH)–C–C–N with tert-alkyl or cyclic N) is 1. The lowest BCUT2D eigenvalue weighted by atomic mass is 10.1. The first-order chi connectivity index (χ1) is 6.55. The topological polar surface area (TPSA) is 65.6 Å². The third kappa shape index (κ3) is 3.14. The second-order valence-electron chi connectivity index (χ2n) is 3.95. The smallest absolute Gasteiger partial charge is 0.133 e. The van der Waals surface area contributed by atoms with Crippen molar-refractivity contribution in [3.8, 4) is 0 Å². The van der Waals surface area contributed by atoms with Crippen LogP contribution >= 0.6 is 0 Å². The van der Waals surface area contributed by atoms with Crippen LogP contribution in [0.25, 0.3) is 0 Å². The maximum absolute atomic E-state index is 9.63. The summed E-state index contributed by atoms with van der Waals surface area (Å²) in [6.45, 7) is 4.11. The SMILES string of the molecule is CC(C)(CO)NCC(O)c1ccco1. The summed E-state index contributed by atoms with van der Waals surface area (Å²) in [7, 11) is 0. The van der Waals surface area contributed by atoms with Crippen molar-refractivity contribution in [3.63, 3.8) is 0 Å². The van der Waals surface area contributed by atoms with E-state index in [1.165, 1.54) is 6.26 Å². The van der Waals surface area contributed by atoms with Crippen LogP contribution in [0.3, 0.4) is 0 Å². The molecule has 0 radical (unpaired) electrons. The van der Waals surface area contributed by atoms with Crippen molar-refractivity contribution in [2.45, 2.75) is 25.5 Å². The molecule has 1 atom stereocenters. The standard InChI is InChI=1S/C10H17NO3/c1-10(2,7-12)11-6-8(13)9-4-3-5-14-9/h3-5,8,11-13H,6-7H2,1-2H3. The Balaban J connectivity index is 2.39. The van der Waals surface area contributed by atoms with Crippen molar-refractivity contribution in [1.29, 1.82) is 0 Å². The number of furan rings is 1. The van der Waals surface area contributed by atoms with Gasteiger partial charge in [-0.1, -0.05) is 0 Å². The minimum Gasteiger partial charge on any atom is -0.467 e. The molecule has 0 fully saturated rings. The lowest BCUT2D eigenvalue weighted by molar-refractivity contribution is 0.119. The predicted molar refractivity (Wildman–Crippen MR) is 52.8 cm³/mol. The van der Waals surface area contributed by atoms with Gasteiger partial charge in [0.1, 0.15) is 11.9 Å². The molecule has 4 heteroatoms. The minimum absolute atomic E-state index is 0.0257. The van der Waals surface area contributed by atoms with Crippen LogP contribution in [0.5, 0.6) is 0 Å². The van der Waals surface area contributed by atoms with Gasteiger partial charge in [0.15, 0.2) is 0 Å². The van der Waals surface area contributed by atoms with Crippen LogP contribution in [-0.2, 0) is 0 Å². The first-order valence-electron chi connectivity index (χ1n) is 4.62. The summed E-state index contributed by atoms with van der Waals surface area (Å²) < 4.78 is 5.04. The normalized spacial score (nSPS) is 14.3. The van der Waals surface area contributed by atoms with Crippen molar-refractivity contribution in [2.24, 2.45) is 0 Å². The Hall–Kier alpha value is -0.840. The molecule has 0 aliphatic rings. The molecule has 1 aromatic rings. The molecule has 0 amide bonds. The summed E-state index contributed by atoms with van der Waals surface area (Å²) in [6.07, 6.45) is 0.853. The highest BCUT2D eigenvalue weighted by molar-refractivity contribution is 5.02. The summed E-state index contributed by atoms with van der Waals surface area (Å²) in [4.78, 5) is 0. The van der Waals surface area contributed by atoms with E-state index in [-0.39, 0.29) is 12.1 Å². The van der Waals surface area contributed by atoms with E-state index in [9.17, 15) is 5.11 Å². The van der Waals surface area contributed by atoms with Gasteiger partial charge in [0.2, 0.25) is 0 Å². The molecular weight excluding hydrogens is 182 g/mol. The third-order valence-corrected chi connectivity index (χ3v) is 2.04. The highest BCUT2D eigenvalue weighted by Crippen LogP contribution is 2.13. The fourth-order valence-electron chi connectivity index (χ4n) is 1.01. The molecular formula is C10H17NO3. The van der Waals surface area contributed by atoms with Crippen LogP contribution in [0.4, 0.5) is 0 Å². The molecule has 0 spiro atoms. The first-order valence-corrected chi connectivity index (χ1v) is 4.62. The summed E-state index contributed by atoms with van der Waals surface area (Å²) in [5.74, 6) is 0.534. The lowest BCUT2D eigenvalue weighted by Crippen LogP contribution is -2.44. The van der Waals surface area contributed by atoms with Gasteiger partial charge < -0.3 is 19.9 Å². The third-order valence-electron chi connectivity index (χ3n) is 2.04. The van der Waals surface area contributed by atoms with Gasteiger partial charge in [-0.15, -0.1) is 0 Å². The average Bonchev–Trinajstić information content (AvgIpc) is 2.67. The Labute approximate surface area is 83.6 Å². The number of aliphatic hydroxyl groups excluding tert-OH is 2. The van der Waals surface area contributed by atoms with Crippen LogP contribution < -0.4 is 5.32 Å². The van der Waals surface area contributed by atoms with Gasteiger partial charge in [-0.2, -0.15) is 0 Å². The van der Waals surface area contributed by atoms with Gasteiger partial charge in [0, 0.05) is 12.1 Å². The highest BCUT2D eigenvalue weighted by atomic mass is 16.4. The fraction of sp³-hybridized carbons (Fsp3) is 0.600. The van der Waals surface area contributed by atoms with E-state index in [0.717, 1.165) is 0 Å². The minimum atomic E-state index is -0.671. The van der Waals surface area contributed by atoms with E-state index < -0.39 is 6.10 Å². The van der Waals surface area contributed by atoms with Crippen molar-refractivity contribution in [3.05, 3.63) is 24.2 Å². The van der Waals surface area contributed by atoms with Crippen LogP contribution in [0.2, 0.25) is 0 Å². The zero-order chi connectivity index (χ0) is 10.6. The number of aliphatic hydroxyl groups is 2. The first kappa shape index (κ1) is 11.2. The van der Waals surface area contributed by atoms with Gasteiger partial charge in [-0.3, -0.25) is 0 Å². The zero-order valence-electron chi connectivity index (χ0n) is 8.53. The Morgan fingerprint density at radius 1 is 1.57 bits per heavy atom. The van der Waals surface area contributed by atoms with E-state index in [1.807, 2.05) is 13.8 Å². The molecule has 1 aromatic heterocycles. The summed E-state index contributed by atoms with van der Waals surface area (Å²) in [5, 5.41) is 21.6. The van der Waals surface area contributed by atoms with Crippen LogP contribution in [-0.4, -0.2) is 28.9 Å². The second kappa shape index (κ2) is 4.59. The summed E-state index contributed by atoms with van der Waals surface area (Å²) in [5.41, 5.74) is -0.381. The van der Waals surface area contributed by atoms with E-state index in [1.54, 1.807) is 12.1 Å². The lowest BCUT2D eigenvalue weighted by Gasteiger charge is -2.24. The van der Waals surface area contributed by atoms with Gasteiger partial charge >= 0.3 is 0 Å². The number of rotatable bonds is 5. The molecule has 0 aliphatic heterocycles. The molecule has 1 heterocycles. The molecule has 80 valence electrons. The van der Waals surface area contributed by atoms with Crippen LogP contribution in [0, 0.1) is 0 Å². The van der Waals surface area contributed by atoms with Crippen molar-refractivity contribution < 1.29 is 14.6 Å². The van der Waals surface area contributed by atoms with Crippen molar-refractivity contribution in [1.82, 2.24) is 5.32 Å². The molecule has 1 rings (SSSR count). The molecule has 0 aromatic carbocycles. The van der Waals surface area contributed by atoms with E-state index in [4.69, 9.17) is 9.52 Å². The van der Waals surface area contributed by atoms with E-state index in [2.05, 4.69) is 5.32 Å². The van der Waals surface area contributed by atoms with Gasteiger partial charge in [0.25, 0.3) is 0 Å². The molecule has 0 saturated carbocycles. The quantitative estimate of drug-likeness (QED) is 0.652. The monoisotopic (exact) mass is 199 g/mol. The molecule has 14 heavy (non-hydrogen) atoms. The largest absolute Gasteiger partial charge is 0.467 e. The zero-order valence-corrected chi connectivity index (χ0v) is 8.53. The fourth-order valence-corrected chi connectivity index (χ4v) is 1.01. The maximum atomic E-state index is 9.63. The number of hydrogen-bond acceptors (Lipinski definition) is 4. The van der Waals surface area contributed by atoms with Crippen molar-refractivity contribution >= 4 is 0 Å².